The fourth-order valence-corrected chi connectivity index (χ4v) is 0.669. The van der Waals surface area contributed by atoms with Crippen molar-refractivity contribution in [3.05, 3.63) is 0 Å². The third-order valence-electron chi connectivity index (χ3n) is 0.578. The van der Waals surface area contributed by atoms with Gasteiger partial charge in [0.2, 0.25) is 0 Å². The number of carbonyl (C=O) groups is 1. The smallest absolute Gasteiger partial charge is 0.317 e. The van der Waals surface area contributed by atoms with Gasteiger partial charge in [-0.1, -0.05) is 0 Å². The van der Waals surface area contributed by atoms with Crippen LogP contribution < -0.4 is 5.32 Å². The molecule has 0 aromatic heterocycles. The summed E-state index contributed by atoms with van der Waals surface area (Å²) in [6, 6.07) is 0. The molecular formula is C4H10NO2P. The number of hydrogen-bond donors (Lipinski definition) is 2. The molecule has 0 aliphatic heterocycles. The van der Waals surface area contributed by atoms with E-state index in [4.69, 9.17) is 5.11 Å². The number of rotatable bonds is 4. The molecule has 0 saturated heterocycles. The molecule has 0 amide bonds. The zero-order chi connectivity index (χ0) is 6.41. The number of hydrogen-bond acceptors (Lipinski definition) is 2. The van der Waals surface area contributed by atoms with Crippen molar-refractivity contribution in [1.29, 1.82) is 0 Å². The van der Waals surface area contributed by atoms with Gasteiger partial charge < -0.3 is 10.4 Å². The summed E-state index contributed by atoms with van der Waals surface area (Å²) >= 11 is 0. The lowest BCUT2D eigenvalue weighted by Gasteiger charge is -1.94. The van der Waals surface area contributed by atoms with Crippen LogP contribution in [0, 0.1) is 0 Å². The van der Waals surface area contributed by atoms with E-state index in [0.717, 1.165) is 14.9 Å². The molecule has 1 atom stereocenters. The van der Waals surface area contributed by atoms with Crippen LogP contribution in [0.1, 0.15) is 0 Å². The molecule has 0 rings (SSSR count). The zero-order valence-corrected chi connectivity index (χ0v) is 5.77. The monoisotopic (exact) mass is 135 g/mol. The summed E-state index contributed by atoms with van der Waals surface area (Å²) < 4.78 is 0. The first-order valence-electron chi connectivity index (χ1n) is 2.34. The van der Waals surface area contributed by atoms with Gasteiger partial charge in [0, 0.05) is 6.29 Å². The molecule has 0 aromatic rings. The van der Waals surface area contributed by atoms with E-state index in [0.29, 0.717) is 0 Å². The maximum atomic E-state index is 9.81. The van der Waals surface area contributed by atoms with Crippen LogP contribution >= 0.6 is 8.58 Å². The minimum Gasteiger partial charge on any atom is -0.480 e. The van der Waals surface area contributed by atoms with Gasteiger partial charge in [-0.2, -0.15) is 0 Å². The molecule has 3 nitrogen and oxygen atoms in total. The third kappa shape index (κ3) is 5.86. The highest BCUT2D eigenvalue weighted by molar-refractivity contribution is 7.36. The molecule has 0 aliphatic carbocycles. The van der Waals surface area contributed by atoms with Gasteiger partial charge in [0.25, 0.3) is 0 Å². The van der Waals surface area contributed by atoms with E-state index in [-0.39, 0.29) is 6.54 Å². The molecule has 48 valence electrons. The van der Waals surface area contributed by atoms with Gasteiger partial charge in [0.05, 0.1) is 6.54 Å². The Kier molecular flexibility index (Phi) is 4.92. The van der Waals surface area contributed by atoms with Gasteiger partial charge in [0.15, 0.2) is 0 Å². The van der Waals surface area contributed by atoms with Gasteiger partial charge in [-0.05, 0) is 6.66 Å². The maximum Gasteiger partial charge on any atom is 0.317 e. The lowest BCUT2D eigenvalue weighted by Crippen LogP contribution is -2.20. The molecule has 0 aliphatic rings. The van der Waals surface area contributed by atoms with E-state index in [9.17, 15) is 4.79 Å². The molecule has 0 radical (unpaired) electrons. The second kappa shape index (κ2) is 5.01. The summed E-state index contributed by atoms with van der Waals surface area (Å²) in [5.74, 6) is -0.789. The molecule has 4 heteroatoms. The molecule has 8 heavy (non-hydrogen) atoms. The van der Waals surface area contributed by atoms with Crippen LogP contribution in [0.2, 0.25) is 0 Å². The van der Waals surface area contributed by atoms with E-state index in [1.165, 1.54) is 0 Å². The van der Waals surface area contributed by atoms with Crippen molar-refractivity contribution in [2.75, 3.05) is 19.5 Å². The Balaban J connectivity index is 2.82. The maximum absolute atomic E-state index is 9.81. The zero-order valence-electron chi connectivity index (χ0n) is 4.77. The van der Waals surface area contributed by atoms with Crippen LogP contribution in [0.3, 0.4) is 0 Å². The summed E-state index contributed by atoms with van der Waals surface area (Å²) in [7, 11) is 0.783. The molecule has 2 N–H and O–H groups in total. The lowest BCUT2D eigenvalue weighted by atomic mass is 10.7. The van der Waals surface area contributed by atoms with Crippen molar-refractivity contribution in [3.63, 3.8) is 0 Å². The second-order valence-electron chi connectivity index (χ2n) is 1.35. The number of nitrogens with one attached hydrogen (secondary N) is 1. The van der Waals surface area contributed by atoms with E-state index < -0.39 is 5.97 Å². The summed E-state index contributed by atoms with van der Waals surface area (Å²) in [5.41, 5.74) is 0. The van der Waals surface area contributed by atoms with Crippen molar-refractivity contribution < 1.29 is 9.90 Å². The first-order valence-corrected chi connectivity index (χ1v) is 4.05. The molecule has 1 unspecified atom stereocenters. The fourth-order valence-electron chi connectivity index (χ4n) is 0.294. The van der Waals surface area contributed by atoms with Gasteiger partial charge >= 0.3 is 5.97 Å². The van der Waals surface area contributed by atoms with Gasteiger partial charge in [-0.15, -0.1) is 8.58 Å². The largest absolute Gasteiger partial charge is 0.480 e. The van der Waals surface area contributed by atoms with Crippen molar-refractivity contribution in [2.24, 2.45) is 0 Å². The third-order valence-corrected chi connectivity index (χ3v) is 1.18. The topological polar surface area (TPSA) is 49.3 Å². The summed E-state index contributed by atoms with van der Waals surface area (Å²) in [6.07, 6.45) is 0.812. The standard InChI is InChI=1S/C4H10NO2P/c1-8-3-5-2-4(6)7/h5,8H,2-3H2,1H3,(H,6,7). The van der Waals surface area contributed by atoms with Gasteiger partial charge in [0.1, 0.15) is 0 Å². The number of aliphatic carboxylic acids is 1. The molecule has 0 fully saturated rings. The van der Waals surface area contributed by atoms with Crippen molar-refractivity contribution in [3.8, 4) is 0 Å². The van der Waals surface area contributed by atoms with E-state index in [2.05, 4.69) is 5.32 Å². The highest BCUT2D eigenvalue weighted by atomic mass is 31.1. The molecule has 0 spiro atoms. The fraction of sp³-hybridized carbons (Fsp3) is 0.750. The Morgan fingerprint density at radius 1 is 1.88 bits per heavy atom. The van der Waals surface area contributed by atoms with Crippen LogP contribution in [0.5, 0.6) is 0 Å². The Bertz CT molecular complexity index is 76.4. The van der Waals surface area contributed by atoms with Gasteiger partial charge in [-0.25, -0.2) is 0 Å². The number of carboxylic acids is 1. The van der Waals surface area contributed by atoms with E-state index >= 15 is 0 Å². The van der Waals surface area contributed by atoms with E-state index in [1.54, 1.807) is 0 Å². The molecule has 0 heterocycles. The normalized spacial score (nSPS) is 10.6. The molecule has 0 saturated carbocycles. The Morgan fingerprint density at radius 3 is 2.88 bits per heavy atom. The molecular weight excluding hydrogens is 125 g/mol. The van der Waals surface area contributed by atoms with Crippen LogP contribution in [0.25, 0.3) is 0 Å². The predicted octanol–water partition coefficient (Wildman–Crippen LogP) is -0.0736. The summed E-state index contributed by atoms with van der Waals surface area (Å²) in [6.45, 7) is 2.11. The van der Waals surface area contributed by atoms with Crippen molar-refractivity contribution >= 4 is 14.6 Å². The highest BCUT2D eigenvalue weighted by Crippen LogP contribution is 1.94. The first-order chi connectivity index (χ1) is 3.77. The average Bonchev–Trinajstić information content (AvgIpc) is 1.66. The quantitative estimate of drug-likeness (QED) is 0.419. The van der Waals surface area contributed by atoms with Crippen LogP contribution in [-0.4, -0.2) is 30.6 Å². The Labute approximate surface area is 50.3 Å². The highest BCUT2D eigenvalue weighted by Gasteiger charge is 1.90. The lowest BCUT2D eigenvalue weighted by molar-refractivity contribution is -0.135. The minimum absolute atomic E-state index is 0.0842. The summed E-state index contributed by atoms with van der Waals surface area (Å²) in [4.78, 5) is 9.81. The Hall–Kier alpha value is -0.140. The summed E-state index contributed by atoms with van der Waals surface area (Å²) in [5, 5.41) is 10.8. The van der Waals surface area contributed by atoms with Crippen molar-refractivity contribution in [2.45, 2.75) is 0 Å². The van der Waals surface area contributed by atoms with Crippen LogP contribution in [0.15, 0.2) is 0 Å². The van der Waals surface area contributed by atoms with E-state index in [1.807, 2.05) is 6.66 Å². The molecule has 0 bridgehead atoms. The van der Waals surface area contributed by atoms with Gasteiger partial charge in [-0.3, -0.25) is 4.79 Å². The first kappa shape index (κ1) is 7.86. The average molecular weight is 135 g/mol. The van der Waals surface area contributed by atoms with Crippen molar-refractivity contribution in [1.82, 2.24) is 5.32 Å². The van der Waals surface area contributed by atoms with Crippen LogP contribution in [-0.2, 0) is 4.79 Å². The van der Waals surface area contributed by atoms with Crippen LogP contribution in [0.4, 0.5) is 0 Å². The predicted molar refractivity (Wildman–Crippen MR) is 34.7 cm³/mol. The second-order valence-corrected chi connectivity index (χ2v) is 2.41. The SMILES string of the molecule is CPCNCC(=O)O. The number of carboxylic acid groups (broad SMARTS) is 1. The molecule has 0 aromatic carbocycles. The Morgan fingerprint density at radius 2 is 2.50 bits per heavy atom. The minimum atomic E-state index is -0.789.